The monoisotopic (exact) mass is 391 g/mol. The van der Waals surface area contributed by atoms with Crippen molar-refractivity contribution in [3.63, 3.8) is 0 Å². The molecule has 0 fully saturated rings. The molecule has 0 aromatic heterocycles. The van der Waals surface area contributed by atoms with Crippen molar-refractivity contribution in [2.45, 2.75) is 12.5 Å². The molecule has 0 aliphatic rings. The van der Waals surface area contributed by atoms with Gasteiger partial charge in [0.1, 0.15) is 17.4 Å². The van der Waals surface area contributed by atoms with Gasteiger partial charge >= 0.3 is 7.25 Å². The molecule has 3 rings (SSSR count). The summed E-state index contributed by atoms with van der Waals surface area (Å²) in [4.78, 5) is 11.2. The second-order valence-electron chi connectivity index (χ2n) is 5.90. The van der Waals surface area contributed by atoms with E-state index in [1.165, 1.54) is 10.8 Å². The number of ether oxygens (including phenoxy) is 1. The van der Waals surface area contributed by atoms with Crippen LogP contribution in [0.5, 0.6) is 5.75 Å². The van der Waals surface area contributed by atoms with Crippen molar-refractivity contribution in [1.82, 2.24) is 0 Å². The highest BCUT2D eigenvalue weighted by Crippen LogP contribution is 2.28. The van der Waals surface area contributed by atoms with Gasteiger partial charge in [0.15, 0.2) is 0 Å². The fourth-order valence-electron chi connectivity index (χ4n) is 2.73. The molecule has 8 heteroatoms. The Balaban J connectivity index is 0.000000500. The number of methoxy groups -OCH3 is 1. The van der Waals surface area contributed by atoms with E-state index in [-0.39, 0.29) is 6.04 Å². The van der Waals surface area contributed by atoms with Gasteiger partial charge in [0, 0.05) is 30.4 Å². The van der Waals surface area contributed by atoms with Crippen molar-refractivity contribution < 1.29 is 22.0 Å². The van der Waals surface area contributed by atoms with Gasteiger partial charge in [-0.3, -0.25) is 0 Å². The summed E-state index contributed by atoms with van der Waals surface area (Å²) in [6.07, 6.45) is 2.66. The number of fused-ring (bicyclic) bond motifs is 1. The largest absolute Gasteiger partial charge is 0.673 e. The minimum Gasteiger partial charge on any atom is -0.497 e. The van der Waals surface area contributed by atoms with Gasteiger partial charge in [-0.05, 0) is 42.0 Å². The molecule has 1 atom stereocenters. The maximum absolute atomic E-state index is 11.2. The topological polar surface area (TPSA) is 38.7 Å². The summed E-state index contributed by atoms with van der Waals surface area (Å²) < 4.78 is 44.1. The Hall–Kier alpha value is -3.03. The van der Waals surface area contributed by atoms with E-state index in [1.54, 1.807) is 7.11 Å². The van der Waals surface area contributed by atoms with Crippen LogP contribution in [0.3, 0.4) is 0 Å². The Bertz CT molecular complexity index is 889. The van der Waals surface area contributed by atoms with Gasteiger partial charge in [0.05, 0.1) is 12.5 Å². The quantitative estimate of drug-likeness (QED) is 0.206. The SMILES string of the molecule is COc1ccc(C(C[CH+]c2cccc3ccccc23)N=O)cc1.F[B-](F)(F)F. The molecule has 0 aliphatic carbocycles. The lowest BCUT2D eigenvalue weighted by atomic mass is 9.96. The van der Waals surface area contributed by atoms with Gasteiger partial charge in [-0.1, -0.05) is 23.4 Å². The van der Waals surface area contributed by atoms with Crippen LogP contribution >= 0.6 is 0 Å². The van der Waals surface area contributed by atoms with Crippen LogP contribution in [0.15, 0.2) is 71.9 Å². The number of nitroso groups, excluding NO2 is 1. The highest BCUT2D eigenvalue weighted by molar-refractivity contribution is 6.50. The number of hydrogen-bond acceptors (Lipinski definition) is 3. The molecule has 0 heterocycles. The first-order valence-corrected chi connectivity index (χ1v) is 8.46. The molecule has 0 N–H and O–H groups in total. The molecule has 3 aromatic rings. The zero-order valence-electron chi connectivity index (χ0n) is 15.1. The molecule has 0 saturated heterocycles. The standard InChI is InChI=1S/C20H18NO2.BF4/c1-23-18-12-9-17(10-13-18)20(21-22)14-11-16-7-4-6-15-5-2-3-8-19(15)16;2-1(3,4)5/h2-13,20H,14H2,1H3;/q+1;-1. The van der Waals surface area contributed by atoms with E-state index >= 15 is 0 Å². The van der Waals surface area contributed by atoms with E-state index in [0.717, 1.165) is 16.9 Å². The Morgan fingerprint density at radius 1 is 0.964 bits per heavy atom. The van der Waals surface area contributed by atoms with Crippen molar-refractivity contribution in [1.29, 1.82) is 0 Å². The van der Waals surface area contributed by atoms with Crippen LogP contribution in [-0.4, -0.2) is 14.4 Å². The molecular weight excluding hydrogens is 373 g/mol. The number of halogens is 4. The fourth-order valence-corrected chi connectivity index (χ4v) is 2.73. The van der Waals surface area contributed by atoms with Crippen LogP contribution in [-0.2, 0) is 0 Å². The molecule has 28 heavy (non-hydrogen) atoms. The third-order valence-electron chi connectivity index (χ3n) is 4.01. The molecular formula is C20H18BF4NO2. The Labute approximate surface area is 160 Å². The van der Waals surface area contributed by atoms with Crippen LogP contribution in [0.25, 0.3) is 10.8 Å². The highest BCUT2D eigenvalue weighted by atomic mass is 19.5. The number of rotatable bonds is 6. The Kier molecular flexibility index (Phi) is 7.43. The molecule has 0 amide bonds. The van der Waals surface area contributed by atoms with E-state index in [2.05, 4.69) is 35.9 Å². The second kappa shape index (κ2) is 9.78. The molecule has 3 aromatic carbocycles. The van der Waals surface area contributed by atoms with Gasteiger partial charge in [-0.2, -0.15) is 4.91 Å². The first-order valence-electron chi connectivity index (χ1n) is 8.46. The maximum atomic E-state index is 11.2. The van der Waals surface area contributed by atoms with E-state index < -0.39 is 7.25 Å². The predicted octanol–water partition coefficient (Wildman–Crippen LogP) is 6.60. The van der Waals surface area contributed by atoms with Crippen LogP contribution in [0.1, 0.15) is 23.6 Å². The number of benzene rings is 3. The minimum absolute atomic E-state index is 0.389. The van der Waals surface area contributed by atoms with Crippen molar-refractivity contribution in [3.05, 3.63) is 89.2 Å². The molecule has 0 saturated carbocycles. The molecule has 1 unspecified atom stereocenters. The number of hydrogen-bond donors (Lipinski definition) is 0. The maximum Gasteiger partial charge on any atom is 0.673 e. The second-order valence-corrected chi connectivity index (χ2v) is 5.90. The third kappa shape index (κ3) is 6.61. The normalized spacial score (nSPS) is 11.9. The van der Waals surface area contributed by atoms with Gasteiger partial charge in [0.25, 0.3) is 0 Å². The summed E-state index contributed by atoms with van der Waals surface area (Å²) in [5, 5.41) is 5.67. The minimum atomic E-state index is -6.00. The smallest absolute Gasteiger partial charge is 0.497 e. The first kappa shape index (κ1) is 21.3. The predicted molar refractivity (Wildman–Crippen MR) is 104 cm³/mol. The van der Waals surface area contributed by atoms with E-state index in [4.69, 9.17) is 4.74 Å². The summed E-state index contributed by atoms with van der Waals surface area (Å²) in [6, 6.07) is 21.5. The molecule has 0 spiro atoms. The zero-order valence-corrected chi connectivity index (χ0v) is 15.1. The van der Waals surface area contributed by atoms with Crippen LogP contribution in [0.4, 0.5) is 17.3 Å². The summed E-state index contributed by atoms with van der Waals surface area (Å²) >= 11 is 0. The van der Waals surface area contributed by atoms with Crippen molar-refractivity contribution >= 4 is 18.0 Å². The molecule has 0 aliphatic heterocycles. The molecule has 0 radical (unpaired) electrons. The Morgan fingerprint density at radius 3 is 2.18 bits per heavy atom. The average molecular weight is 391 g/mol. The van der Waals surface area contributed by atoms with Crippen molar-refractivity contribution in [3.8, 4) is 5.75 Å². The van der Waals surface area contributed by atoms with Crippen LogP contribution in [0, 0.1) is 11.3 Å². The molecule has 0 bridgehead atoms. The average Bonchev–Trinajstić information content (AvgIpc) is 2.68. The molecule has 146 valence electrons. The van der Waals surface area contributed by atoms with Crippen molar-refractivity contribution in [2.75, 3.05) is 7.11 Å². The summed E-state index contributed by atoms with van der Waals surface area (Å²) in [5.74, 6) is 0.774. The lowest BCUT2D eigenvalue weighted by Gasteiger charge is -2.08. The van der Waals surface area contributed by atoms with Gasteiger partial charge in [0.2, 0.25) is 0 Å². The third-order valence-corrected chi connectivity index (χ3v) is 4.01. The summed E-state index contributed by atoms with van der Waals surface area (Å²) in [7, 11) is -4.38. The lowest BCUT2D eigenvalue weighted by Crippen LogP contribution is -2.02. The fraction of sp³-hybridized carbons (Fsp3) is 0.150. The van der Waals surface area contributed by atoms with Gasteiger partial charge in [-0.25, -0.2) is 0 Å². The van der Waals surface area contributed by atoms with Crippen LogP contribution in [0.2, 0.25) is 0 Å². The zero-order chi connectivity index (χ0) is 20.6. The van der Waals surface area contributed by atoms with E-state index in [9.17, 15) is 22.2 Å². The van der Waals surface area contributed by atoms with E-state index in [0.29, 0.717) is 6.42 Å². The highest BCUT2D eigenvalue weighted by Gasteiger charge is 2.20. The lowest BCUT2D eigenvalue weighted by molar-refractivity contribution is 0.368. The van der Waals surface area contributed by atoms with E-state index in [1.807, 2.05) is 42.5 Å². The Morgan fingerprint density at radius 2 is 1.57 bits per heavy atom. The van der Waals surface area contributed by atoms with Gasteiger partial charge in [-0.15, -0.1) is 0 Å². The summed E-state index contributed by atoms with van der Waals surface area (Å²) in [6.45, 7) is 0. The summed E-state index contributed by atoms with van der Waals surface area (Å²) in [5.41, 5.74) is 2.03. The molecule has 3 nitrogen and oxygen atoms in total. The first-order chi connectivity index (χ1) is 13.3. The van der Waals surface area contributed by atoms with Crippen LogP contribution < -0.4 is 4.74 Å². The van der Waals surface area contributed by atoms with Crippen molar-refractivity contribution in [2.24, 2.45) is 5.18 Å². The number of nitrogens with zero attached hydrogens (tertiary/aromatic N) is 1. The van der Waals surface area contributed by atoms with Gasteiger partial charge < -0.3 is 22.0 Å².